The number of hydrogen-bond acceptors (Lipinski definition) is 3. The fourth-order valence-corrected chi connectivity index (χ4v) is 6.89. The van der Waals surface area contributed by atoms with Gasteiger partial charge in [-0.05, 0) is 53.1 Å². The monoisotopic (exact) mass is 556 g/mol. The summed E-state index contributed by atoms with van der Waals surface area (Å²) in [7, 11) is 0. The normalized spacial score (nSPS) is 21.7. The van der Waals surface area contributed by atoms with Crippen LogP contribution >= 0.6 is 31.9 Å². The third-order valence-electron chi connectivity index (χ3n) is 6.93. The molecule has 0 amide bonds. The van der Waals surface area contributed by atoms with Gasteiger partial charge in [0.2, 0.25) is 0 Å². The maximum Gasteiger partial charge on any atom is 0.151 e. The molecule has 0 radical (unpaired) electrons. The standard InChI is InChI=1S/C28H18Br2N2O/c29-20-11-3-2-10-19(20)28-16-17-8-7-12-21(30)25(17)26(28)32-22-13-4-6-15-24(22)33-23-14-5-1-9-18(23)27(32)31-28/h1-15,26H,16H2/t26-,28-/m0/s1. The molecule has 4 aromatic rings. The fraction of sp³-hybridized carbons (Fsp3) is 0.107. The molecular formula is C28H18Br2N2O. The van der Waals surface area contributed by atoms with E-state index in [1.54, 1.807) is 0 Å². The van der Waals surface area contributed by atoms with Crippen LogP contribution < -0.4 is 9.64 Å². The second-order valence-corrected chi connectivity index (χ2v) is 10.4. The number of ether oxygens (including phenoxy) is 1. The van der Waals surface area contributed by atoms with Gasteiger partial charge in [0.25, 0.3) is 0 Å². The molecular weight excluding hydrogens is 540 g/mol. The van der Waals surface area contributed by atoms with Gasteiger partial charge in [-0.3, -0.25) is 4.99 Å². The van der Waals surface area contributed by atoms with Crippen molar-refractivity contribution < 1.29 is 4.74 Å². The van der Waals surface area contributed by atoms with E-state index in [0.717, 1.165) is 44.0 Å². The summed E-state index contributed by atoms with van der Waals surface area (Å²) in [4.78, 5) is 8.00. The average Bonchev–Trinajstić information content (AvgIpc) is 3.28. The van der Waals surface area contributed by atoms with Gasteiger partial charge in [0.1, 0.15) is 17.1 Å². The van der Waals surface area contributed by atoms with Crippen LogP contribution in [0.2, 0.25) is 0 Å². The first kappa shape index (κ1) is 19.6. The summed E-state index contributed by atoms with van der Waals surface area (Å²) in [6.07, 6.45) is 0.834. The van der Waals surface area contributed by atoms with Crippen molar-refractivity contribution in [1.82, 2.24) is 0 Å². The molecule has 0 saturated carbocycles. The first-order valence-electron chi connectivity index (χ1n) is 10.9. The Morgan fingerprint density at radius 2 is 1.52 bits per heavy atom. The van der Waals surface area contributed by atoms with Crippen LogP contribution in [0, 0.1) is 0 Å². The largest absolute Gasteiger partial charge is 0.454 e. The lowest BCUT2D eigenvalue weighted by molar-refractivity contribution is 0.416. The molecule has 160 valence electrons. The predicted molar refractivity (Wildman–Crippen MR) is 138 cm³/mol. The third kappa shape index (κ3) is 2.63. The summed E-state index contributed by atoms with van der Waals surface area (Å²) in [5, 5.41) is 0. The zero-order valence-corrected chi connectivity index (χ0v) is 20.7. The molecule has 0 aromatic heterocycles. The first-order chi connectivity index (χ1) is 16.2. The van der Waals surface area contributed by atoms with E-state index in [2.05, 4.69) is 103 Å². The Morgan fingerprint density at radius 1 is 0.788 bits per heavy atom. The minimum absolute atomic E-state index is 0.00678. The quantitative estimate of drug-likeness (QED) is 0.239. The highest BCUT2D eigenvalue weighted by molar-refractivity contribution is 9.10. The fourth-order valence-electron chi connectivity index (χ4n) is 5.64. The van der Waals surface area contributed by atoms with Crippen LogP contribution in [0.5, 0.6) is 11.5 Å². The Morgan fingerprint density at radius 3 is 2.39 bits per heavy atom. The van der Waals surface area contributed by atoms with Crippen LogP contribution in [0.15, 0.2) is 105 Å². The van der Waals surface area contributed by atoms with E-state index in [9.17, 15) is 0 Å². The van der Waals surface area contributed by atoms with Gasteiger partial charge in [0, 0.05) is 15.4 Å². The van der Waals surface area contributed by atoms with Crippen LogP contribution in [-0.2, 0) is 12.0 Å². The van der Waals surface area contributed by atoms with E-state index in [1.807, 2.05) is 24.3 Å². The zero-order chi connectivity index (χ0) is 22.2. The van der Waals surface area contributed by atoms with Crippen molar-refractivity contribution >= 4 is 43.4 Å². The molecule has 2 aliphatic heterocycles. The molecule has 2 atom stereocenters. The molecule has 2 heterocycles. The third-order valence-corrected chi connectivity index (χ3v) is 8.32. The van der Waals surface area contributed by atoms with Crippen molar-refractivity contribution in [2.75, 3.05) is 4.90 Å². The van der Waals surface area contributed by atoms with Crippen molar-refractivity contribution in [3.8, 4) is 11.5 Å². The topological polar surface area (TPSA) is 24.8 Å². The number of para-hydroxylation sites is 3. The first-order valence-corrected chi connectivity index (χ1v) is 12.5. The number of fused-ring (bicyclic) bond motifs is 9. The Kier molecular flexibility index (Phi) is 4.18. The lowest BCUT2D eigenvalue weighted by Gasteiger charge is -2.34. The second-order valence-electron chi connectivity index (χ2n) is 8.67. The minimum atomic E-state index is -0.459. The molecule has 3 aliphatic rings. The van der Waals surface area contributed by atoms with Crippen molar-refractivity contribution in [3.63, 3.8) is 0 Å². The molecule has 0 unspecified atom stereocenters. The smallest absolute Gasteiger partial charge is 0.151 e. The maximum absolute atomic E-state index is 6.42. The lowest BCUT2D eigenvalue weighted by Crippen LogP contribution is -2.36. The van der Waals surface area contributed by atoms with Gasteiger partial charge < -0.3 is 9.64 Å². The van der Waals surface area contributed by atoms with Crippen molar-refractivity contribution in [1.29, 1.82) is 0 Å². The number of aliphatic imine (C=N–C) groups is 1. The van der Waals surface area contributed by atoms with Gasteiger partial charge in [0.15, 0.2) is 5.75 Å². The van der Waals surface area contributed by atoms with Crippen LogP contribution in [0.1, 0.15) is 28.3 Å². The summed E-state index contributed by atoms with van der Waals surface area (Å²) in [6, 6.07) is 31.5. The van der Waals surface area contributed by atoms with Gasteiger partial charge in [0.05, 0.1) is 17.3 Å². The van der Waals surface area contributed by atoms with E-state index in [4.69, 9.17) is 9.73 Å². The maximum atomic E-state index is 6.42. The number of amidine groups is 1. The summed E-state index contributed by atoms with van der Waals surface area (Å²) < 4.78 is 8.62. The highest BCUT2D eigenvalue weighted by Gasteiger charge is 2.58. The van der Waals surface area contributed by atoms with Crippen molar-refractivity contribution in [2.24, 2.45) is 4.99 Å². The number of nitrogens with zero attached hydrogens (tertiary/aromatic N) is 2. The molecule has 3 nitrogen and oxygen atoms in total. The number of anilines is 1. The molecule has 5 heteroatoms. The highest BCUT2D eigenvalue weighted by Crippen LogP contribution is 2.61. The van der Waals surface area contributed by atoms with Gasteiger partial charge >= 0.3 is 0 Å². The minimum Gasteiger partial charge on any atom is -0.454 e. The van der Waals surface area contributed by atoms with Crippen molar-refractivity contribution in [3.05, 3.63) is 122 Å². The Labute approximate surface area is 209 Å². The van der Waals surface area contributed by atoms with E-state index >= 15 is 0 Å². The van der Waals surface area contributed by atoms with Crippen LogP contribution in [0.25, 0.3) is 0 Å². The summed E-state index contributed by atoms with van der Waals surface area (Å²) >= 11 is 7.74. The van der Waals surface area contributed by atoms with Crippen LogP contribution in [-0.4, -0.2) is 5.84 Å². The Hall–Kier alpha value is -2.89. The molecule has 0 bridgehead atoms. The predicted octanol–water partition coefficient (Wildman–Crippen LogP) is 7.78. The molecule has 4 aromatic carbocycles. The average molecular weight is 558 g/mol. The van der Waals surface area contributed by atoms with Gasteiger partial charge in [-0.15, -0.1) is 0 Å². The highest BCUT2D eigenvalue weighted by atomic mass is 79.9. The molecule has 0 N–H and O–H groups in total. The summed E-state index contributed by atoms with van der Waals surface area (Å²) in [6.45, 7) is 0. The molecule has 33 heavy (non-hydrogen) atoms. The van der Waals surface area contributed by atoms with E-state index in [1.165, 1.54) is 16.7 Å². The number of rotatable bonds is 1. The van der Waals surface area contributed by atoms with Gasteiger partial charge in [-0.2, -0.15) is 0 Å². The number of benzene rings is 4. The van der Waals surface area contributed by atoms with Gasteiger partial charge in [-0.1, -0.05) is 86.5 Å². The Balaban J connectivity index is 1.60. The van der Waals surface area contributed by atoms with Gasteiger partial charge in [-0.25, -0.2) is 0 Å². The van der Waals surface area contributed by atoms with E-state index in [-0.39, 0.29) is 6.04 Å². The lowest BCUT2D eigenvalue weighted by atomic mass is 9.84. The molecule has 0 fully saturated rings. The molecule has 7 rings (SSSR count). The Bertz CT molecular complexity index is 1480. The van der Waals surface area contributed by atoms with E-state index in [0.29, 0.717) is 0 Å². The number of hydrogen-bond donors (Lipinski definition) is 0. The summed E-state index contributed by atoms with van der Waals surface area (Å²) in [5.74, 6) is 2.64. The number of halogens is 2. The van der Waals surface area contributed by atoms with Crippen molar-refractivity contribution in [2.45, 2.75) is 18.0 Å². The molecule has 0 spiro atoms. The molecule has 0 saturated heterocycles. The van der Waals surface area contributed by atoms with Crippen LogP contribution in [0.4, 0.5) is 5.69 Å². The second kappa shape index (κ2) is 7.05. The molecule has 1 aliphatic carbocycles. The summed E-state index contributed by atoms with van der Waals surface area (Å²) in [5.41, 5.74) is 5.41. The van der Waals surface area contributed by atoms with E-state index < -0.39 is 5.54 Å². The SMILES string of the molecule is Brc1ccccc1[C@@]12Cc3cccc(Br)c3[C@@H]1N1C(=N2)c2ccccc2Oc2ccccc21. The zero-order valence-electron chi connectivity index (χ0n) is 17.5. The van der Waals surface area contributed by atoms with Crippen LogP contribution in [0.3, 0.4) is 0 Å².